The molecule has 0 saturated carbocycles. The van der Waals surface area contributed by atoms with E-state index in [0.717, 1.165) is 6.42 Å². The number of anilines is 2. The Hall–Kier alpha value is -5.16. The van der Waals surface area contributed by atoms with Crippen LogP contribution >= 0.6 is 0 Å². The molecule has 250 valence electrons. The Morgan fingerprint density at radius 2 is 1.92 bits per heavy atom. The molecule has 48 heavy (non-hydrogen) atoms. The molecule has 2 fully saturated rings. The van der Waals surface area contributed by atoms with Crippen LogP contribution in [-0.4, -0.2) is 62.2 Å². The third kappa shape index (κ3) is 6.50. The summed E-state index contributed by atoms with van der Waals surface area (Å²) in [4.78, 5) is 21.9. The number of nitrogens with one attached hydrogen (secondary N) is 1. The maximum Gasteiger partial charge on any atom is 0.429 e. The third-order valence-corrected chi connectivity index (χ3v) is 9.39. The molecule has 1 spiro atoms. The minimum absolute atomic E-state index is 0.0529. The predicted molar refractivity (Wildman–Crippen MR) is 171 cm³/mol. The van der Waals surface area contributed by atoms with Gasteiger partial charge in [0.15, 0.2) is 0 Å². The van der Waals surface area contributed by atoms with Crippen LogP contribution in [0.4, 0.5) is 24.9 Å². The Balaban J connectivity index is 1.31. The van der Waals surface area contributed by atoms with Crippen molar-refractivity contribution in [2.24, 2.45) is 5.41 Å². The number of halogens is 3. The molecule has 2 unspecified atom stereocenters. The largest absolute Gasteiger partial charge is 0.480 e. The first kappa shape index (κ1) is 32.8. The average molecular weight is 661 g/mol. The number of nitrogens with two attached hydrogens (primary N) is 1. The molecule has 2 aromatic heterocycles. The summed E-state index contributed by atoms with van der Waals surface area (Å²) in [6.07, 6.45) is -3.05. The minimum Gasteiger partial charge on any atom is -0.480 e. The summed E-state index contributed by atoms with van der Waals surface area (Å²) < 4.78 is 51.6. The highest BCUT2D eigenvalue weighted by atomic mass is 19.4. The molecule has 0 amide bonds. The van der Waals surface area contributed by atoms with Crippen molar-refractivity contribution >= 4 is 17.7 Å². The lowest BCUT2D eigenvalue weighted by atomic mass is 9.71. The zero-order valence-corrected chi connectivity index (χ0v) is 26.4. The van der Waals surface area contributed by atoms with E-state index < -0.39 is 24.3 Å². The van der Waals surface area contributed by atoms with Crippen molar-refractivity contribution < 1.29 is 27.8 Å². The number of aliphatic carboxylic acids is 1. The summed E-state index contributed by atoms with van der Waals surface area (Å²) in [5.74, 6) is -1.11. The third-order valence-electron chi connectivity index (χ3n) is 9.39. The topological polar surface area (TPSA) is 155 Å². The molecule has 2 aliphatic heterocycles. The molecule has 4 aromatic rings. The molecular formula is C34H35F3N8O3. The summed E-state index contributed by atoms with van der Waals surface area (Å²) in [5.41, 5.74) is 8.03. The van der Waals surface area contributed by atoms with Gasteiger partial charge in [0.1, 0.15) is 11.9 Å². The number of hydrogen-bond donors (Lipinski definition) is 3. The first-order valence-corrected chi connectivity index (χ1v) is 15.7. The predicted octanol–water partition coefficient (Wildman–Crippen LogP) is 5.59. The quantitative estimate of drug-likeness (QED) is 0.218. The van der Waals surface area contributed by atoms with Crippen LogP contribution in [0.25, 0.3) is 16.8 Å². The normalized spacial score (nSPS) is 19.6. The van der Waals surface area contributed by atoms with E-state index in [4.69, 9.17) is 10.5 Å². The number of carboxylic acids is 1. The van der Waals surface area contributed by atoms with Crippen molar-refractivity contribution in [3.05, 3.63) is 77.6 Å². The van der Waals surface area contributed by atoms with Crippen molar-refractivity contribution in [1.29, 1.82) is 5.26 Å². The van der Waals surface area contributed by atoms with Crippen LogP contribution in [0.15, 0.2) is 60.8 Å². The number of aromatic nitrogens is 4. The Bertz CT molecular complexity index is 1860. The van der Waals surface area contributed by atoms with Gasteiger partial charge >= 0.3 is 12.1 Å². The van der Waals surface area contributed by atoms with Gasteiger partial charge < -0.3 is 25.8 Å². The summed E-state index contributed by atoms with van der Waals surface area (Å²) in [5, 5.41) is 26.6. The molecule has 2 aromatic carbocycles. The Morgan fingerprint density at radius 3 is 2.56 bits per heavy atom. The number of aryl methyl sites for hydroxylation is 1. The number of nitrogens with zero attached hydrogens (tertiary/aromatic N) is 6. The molecule has 4 N–H and O–H groups in total. The highest BCUT2D eigenvalue weighted by molar-refractivity contribution is 5.74. The minimum atomic E-state index is -4.86. The molecule has 4 heterocycles. The van der Waals surface area contributed by atoms with Crippen LogP contribution in [0.1, 0.15) is 55.5 Å². The van der Waals surface area contributed by atoms with Crippen LogP contribution < -0.4 is 20.7 Å². The average Bonchev–Trinajstić information content (AvgIpc) is 3.66. The van der Waals surface area contributed by atoms with E-state index in [-0.39, 0.29) is 34.5 Å². The summed E-state index contributed by atoms with van der Waals surface area (Å²) in [6.45, 7) is 4.79. The molecule has 11 nitrogen and oxygen atoms in total. The monoisotopic (exact) mass is 660 g/mol. The van der Waals surface area contributed by atoms with E-state index in [1.807, 2.05) is 11.8 Å². The molecule has 14 heteroatoms. The van der Waals surface area contributed by atoms with E-state index in [2.05, 4.69) is 26.5 Å². The SMILES string of the molecule is CCC1NC(C(=O)O)CC12CCN(c1cc(O[C@H](c3ccc(-c4cccc(C#N)c4)cc3-n3ccc(C)n3)C(F)(F)F)nc(N)n1)CC2. The van der Waals surface area contributed by atoms with Crippen molar-refractivity contribution in [3.63, 3.8) is 0 Å². The van der Waals surface area contributed by atoms with E-state index in [1.54, 1.807) is 55.6 Å². The number of carbonyl (C=O) groups is 1. The van der Waals surface area contributed by atoms with Gasteiger partial charge in [-0.25, -0.2) is 4.68 Å². The second kappa shape index (κ2) is 12.8. The van der Waals surface area contributed by atoms with Crippen LogP contribution in [0, 0.1) is 23.7 Å². The van der Waals surface area contributed by atoms with Gasteiger partial charge in [-0.2, -0.15) is 33.5 Å². The van der Waals surface area contributed by atoms with Crippen LogP contribution in [0.3, 0.4) is 0 Å². The van der Waals surface area contributed by atoms with Gasteiger partial charge in [-0.3, -0.25) is 4.79 Å². The fraction of sp³-hybridized carbons (Fsp3) is 0.382. The van der Waals surface area contributed by atoms with Gasteiger partial charge in [0.25, 0.3) is 0 Å². The lowest BCUT2D eigenvalue weighted by Crippen LogP contribution is -2.46. The summed E-state index contributed by atoms with van der Waals surface area (Å²) in [7, 11) is 0. The van der Waals surface area contributed by atoms with E-state index >= 15 is 0 Å². The number of ether oxygens (including phenoxy) is 1. The number of benzene rings is 2. The van der Waals surface area contributed by atoms with Gasteiger partial charge in [0.2, 0.25) is 17.9 Å². The summed E-state index contributed by atoms with van der Waals surface area (Å²) in [6, 6.07) is 15.8. The van der Waals surface area contributed by atoms with Gasteiger partial charge in [-0.15, -0.1) is 0 Å². The van der Waals surface area contributed by atoms with Crippen LogP contribution in [0.2, 0.25) is 0 Å². The number of piperidine rings is 1. The highest BCUT2D eigenvalue weighted by Gasteiger charge is 2.50. The van der Waals surface area contributed by atoms with E-state index in [0.29, 0.717) is 60.6 Å². The van der Waals surface area contributed by atoms with Crippen molar-refractivity contribution in [3.8, 4) is 28.8 Å². The molecule has 0 aliphatic carbocycles. The number of alkyl halides is 3. The standard InChI is InChI=1S/C34H35F3N8O3/c1-3-27-33(18-25(40-27)31(46)47)10-13-44(14-11-33)28-17-29(42-32(39)41-28)48-30(34(35,36)37)24-8-7-23(22-6-4-5-21(15-22)19-38)16-26(24)45-12-9-20(2)43-45/h4-9,12,15-17,25,27,30,40H,3,10-11,13-14,18H2,1-2H3,(H,46,47)(H2,39,41,42)/t25?,27?,30-/m1/s1. The molecule has 2 saturated heterocycles. The fourth-order valence-corrected chi connectivity index (χ4v) is 7.01. The van der Waals surface area contributed by atoms with Gasteiger partial charge in [0.05, 0.1) is 23.0 Å². The second-order valence-electron chi connectivity index (χ2n) is 12.4. The van der Waals surface area contributed by atoms with Crippen molar-refractivity contribution in [2.75, 3.05) is 23.7 Å². The van der Waals surface area contributed by atoms with Crippen LogP contribution in [0.5, 0.6) is 5.88 Å². The first-order chi connectivity index (χ1) is 22.9. The Labute approximate surface area is 275 Å². The molecular weight excluding hydrogens is 625 g/mol. The number of carboxylic acid groups (broad SMARTS) is 1. The van der Waals surface area contributed by atoms with Gasteiger partial charge in [-0.05, 0) is 73.4 Å². The van der Waals surface area contributed by atoms with E-state index in [9.17, 15) is 28.3 Å². The smallest absolute Gasteiger partial charge is 0.429 e. The van der Waals surface area contributed by atoms with Gasteiger partial charge in [0, 0.05) is 37.0 Å². The fourth-order valence-electron chi connectivity index (χ4n) is 7.01. The number of nitrogen functional groups attached to an aromatic ring is 1. The molecule has 2 aliphatic rings. The lowest BCUT2D eigenvalue weighted by Gasteiger charge is -2.43. The maximum atomic E-state index is 14.9. The van der Waals surface area contributed by atoms with E-state index in [1.165, 1.54) is 16.8 Å². The second-order valence-corrected chi connectivity index (χ2v) is 12.4. The Morgan fingerprint density at radius 1 is 1.17 bits per heavy atom. The first-order valence-electron chi connectivity index (χ1n) is 15.7. The van der Waals surface area contributed by atoms with Gasteiger partial charge in [-0.1, -0.05) is 31.2 Å². The number of hydrogen-bond acceptors (Lipinski definition) is 9. The molecule has 3 atom stereocenters. The van der Waals surface area contributed by atoms with Crippen molar-refractivity contribution in [2.45, 2.75) is 63.9 Å². The number of nitriles is 1. The molecule has 0 radical (unpaired) electrons. The molecule has 0 bridgehead atoms. The molecule has 6 rings (SSSR count). The van der Waals surface area contributed by atoms with Crippen LogP contribution in [-0.2, 0) is 4.79 Å². The summed E-state index contributed by atoms with van der Waals surface area (Å²) >= 11 is 0. The lowest BCUT2D eigenvalue weighted by molar-refractivity contribution is -0.198. The zero-order valence-electron chi connectivity index (χ0n) is 26.4. The maximum absolute atomic E-state index is 14.9. The number of rotatable bonds is 8. The highest BCUT2D eigenvalue weighted by Crippen LogP contribution is 2.46. The van der Waals surface area contributed by atoms with Crippen molar-refractivity contribution in [1.82, 2.24) is 25.1 Å². The zero-order chi connectivity index (χ0) is 34.2. The Kier molecular flexibility index (Phi) is 8.74.